The number of aromatic nitrogens is 2. The molecule has 1 N–H and O–H groups in total. The fourth-order valence-electron chi connectivity index (χ4n) is 2.01. The molecule has 1 unspecified atom stereocenters. The molecule has 0 radical (unpaired) electrons. The number of anilines is 1. The molecule has 2 aromatic rings. The maximum atomic E-state index is 13.1. The Hall–Kier alpha value is -2.77. The lowest BCUT2D eigenvalue weighted by molar-refractivity contribution is -0.136. The molecule has 0 spiro atoms. The van der Waals surface area contributed by atoms with Crippen molar-refractivity contribution in [3.63, 3.8) is 0 Å². The number of nitrogens with one attached hydrogen (secondary N) is 1. The second-order valence-electron chi connectivity index (χ2n) is 5.03. The van der Waals surface area contributed by atoms with Gasteiger partial charge < -0.3 is 10.2 Å². The highest BCUT2D eigenvalue weighted by Crippen LogP contribution is 2.13. The number of hydrogen-bond acceptors (Lipinski definition) is 3. The zero-order valence-corrected chi connectivity index (χ0v) is 12.7. The van der Waals surface area contributed by atoms with E-state index in [0.29, 0.717) is 0 Å². The van der Waals surface area contributed by atoms with Crippen LogP contribution in [0.1, 0.15) is 13.0 Å². The second kappa shape index (κ2) is 6.99. The van der Waals surface area contributed by atoms with Gasteiger partial charge in [0.1, 0.15) is 6.04 Å². The topological polar surface area (TPSA) is 67.2 Å². The minimum Gasteiger partial charge on any atom is -0.335 e. The molecule has 0 bridgehead atoms. The van der Waals surface area contributed by atoms with Gasteiger partial charge in [0.2, 0.25) is 11.8 Å². The Morgan fingerprint density at radius 3 is 2.70 bits per heavy atom. The number of amides is 2. The van der Waals surface area contributed by atoms with E-state index < -0.39 is 23.6 Å². The number of likely N-dealkylation sites (N-methyl/N-ethyl adjacent to an activating group) is 1. The van der Waals surface area contributed by atoms with Crippen molar-refractivity contribution < 1.29 is 18.4 Å². The van der Waals surface area contributed by atoms with Crippen molar-refractivity contribution in [1.29, 1.82) is 0 Å². The summed E-state index contributed by atoms with van der Waals surface area (Å²) in [4.78, 5) is 25.3. The van der Waals surface area contributed by atoms with E-state index in [4.69, 9.17) is 0 Å². The molecule has 23 heavy (non-hydrogen) atoms. The van der Waals surface area contributed by atoms with Gasteiger partial charge in [-0.1, -0.05) is 0 Å². The average molecular weight is 322 g/mol. The van der Waals surface area contributed by atoms with Gasteiger partial charge in [-0.2, -0.15) is 5.10 Å². The molecule has 0 saturated carbocycles. The van der Waals surface area contributed by atoms with Crippen molar-refractivity contribution in [2.75, 3.05) is 18.9 Å². The van der Waals surface area contributed by atoms with E-state index in [2.05, 4.69) is 10.4 Å². The molecule has 8 heteroatoms. The van der Waals surface area contributed by atoms with Gasteiger partial charge >= 0.3 is 0 Å². The zero-order valence-electron chi connectivity index (χ0n) is 12.7. The first-order chi connectivity index (χ1) is 10.9. The van der Waals surface area contributed by atoms with Gasteiger partial charge in [0.05, 0.1) is 6.54 Å². The van der Waals surface area contributed by atoms with Gasteiger partial charge in [-0.3, -0.25) is 14.3 Å². The minimum atomic E-state index is -1.06. The molecule has 0 aliphatic carbocycles. The van der Waals surface area contributed by atoms with E-state index in [1.165, 1.54) is 22.7 Å². The summed E-state index contributed by atoms with van der Waals surface area (Å²) in [7, 11) is 1.48. The molecule has 1 heterocycles. The van der Waals surface area contributed by atoms with Gasteiger partial charge in [0, 0.05) is 31.2 Å². The van der Waals surface area contributed by atoms with Crippen molar-refractivity contribution in [3.8, 4) is 0 Å². The molecule has 2 rings (SSSR count). The van der Waals surface area contributed by atoms with Crippen LogP contribution >= 0.6 is 0 Å². The third-order valence-electron chi connectivity index (χ3n) is 3.24. The molecule has 6 nitrogen and oxygen atoms in total. The predicted molar refractivity (Wildman–Crippen MR) is 79.6 cm³/mol. The molecule has 0 fully saturated rings. The number of benzene rings is 1. The summed E-state index contributed by atoms with van der Waals surface area (Å²) in [5.41, 5.74) is 0.120. The summed E-state index contributed by atoms with van der Waals surface area (Å²) < 4.78 is 27.4. The largest absolute Gasteiger partial charge is 0.335 e. The Balaban J connectivity index is 1.93. The van der Waals surface area contributed by atoms with Crippen LogP contribution in [0.25, 0.3) is 0 Å². The quantitative estimate of drug-likeness (QED) is 0.913. The lowest BCUT2D eigenvalue weighted by Crippen LogP contribution is -2.38. The maximum absolute atomic E-state index is 13.1. The van der Waals surface area contributed by atoms with Crippen LogP contribution < -0.4 is 5.32 Å². The van der Waals surface area contributed by atoms with Crippen molar-refractivity contribution in [2.24, 2.45) is 0 Å². The van der Waals surface area contributed by atoms with Crippen LogP contribution in [0.4, 0.5) is 14.5 Å². The van der Waals surface area contributed by atoms with Gasteiger partial charge in [-0.25, -0.2) is 8.78 Å². The number of rotatable bonds is 5. The van der Waals surface area contributed by atoms with Crippen molar-refractivity contribution in [1.82, 2.24) is 14.7 Å². The monoisotopic (exact) mass is 322 g/mol. The number of carbonyl (C=O) groups excluding carboxylic acids is 2. The van der Waals surface area contributed by atoms with E-state index in [1.54, 1.807) is 25.4 Å². The van der Waals surface area contributed by atoms with Gasteiger partial charge in [0.15, 0.2) is 11.6 Å². The van der Waals surface area contributed by atoms with E-state index in [-0.39, 0.29) is 18.1 Å². The summed E-state index contributed by atoms with van der Waals surface area (Å²) in [6.07, 6.45) is 3.21. The van der Waals surface area contributed by atoms with Gasteiger partial charge in [-0.15, -0.1) is 0 Å². The Morgan fingerprint density at radius 2 is 2.09 bits per heavy atom. The average Bonchev–Trinajstić information content (AvgIpc) is 3.03. The molecular formula is C15H16F2N4O2. The summed E-state index contributed by atoms with van der Waals surface area (Å²) in [5, 5.41) is 6.38. The molecular weight excluding hydrogens is 306 g/mol. The summed E-state index contributed by atoms with van der Waals surface area (Å²) in [5.74, 6) is -2.86. The maximum Gasteiger partial charge on any atom is 0.247 e. The lowest BCUT2D eigenvalue weighted by Gasteiger charge is -2.21. The molecule has 1 aromatic carbocycles. The lowest BCUT2D eigenvalue weighted by atomic mass is 10.3. The van der Waals surface area contributed by atoms with Gasteiger partial charge in [0.25, 0.3) is 0 Å². The number of hydrogen-bond donors (Lipinski definition) is 1. The molecule has 0 aliphatic rings. The highest BCUT2D eigenvalue weighted by atomic mass is 19.2. The van der Waals surface area contributed by atoms with E-state index >= 15 is 0 Å². The number of carbonyl (C=O) groups is 2. The highest BCUT2D eigenvalue weighted by Gasteiger charge is 2.21. The Morgan fingerprint density at radius 1 is 1.35 bits per heavy atom. The first kappa shape index (κ1) is 16.6. The zero-order chi connectivity index (χ0) is 17.0. The minimum absolute atomic E-state index is 0.120. The summed E-state index contributed by atoms with van der Waals surface area (Å²) >= 11 is 0. The Kier molecular flexibility index (Phi) is 5.05. The second-order valence-corrected chi connectivity index (χ2v) is 5.03. The van der Waals surface area contributed by atoms with Crippen LogP contribution in [0.3, 0.4) is 0 Å². The SMILES string of the molecule is CC(C(=O)N(C)CC(=O)Nc1ccc(F)c(F)c1)n1cccn1. The van der Waals surface area contributed by atoms with Crippen molar-refractivity contribution in [2.45, 2.75) is 13.0 Å². The van der Waals surface area contributed by atoms with Crippen LogP contribution in [-0.4, -0.2) is 40.1 Å². The fourth-order valence-corrected chi connectivity index (χ4v) is 2.01. The van der Waals surface area contributed by atoms with E-state index in [1.807, 2.05) is 0 Å². The van der Waals surface area contributed by atoms with Crippen molar-refractivity contribution in [3.05, 3.63) is 48.3 Å². The molecule has 122 valence electrons. The third kappa shape index (κ3) is 4.12. The fraction of sp³-hybridized carbons (Fsp3) is 0.267. The Labute approximate surface area is 131 Å². The third-order valence-corrected chi connectivity index (χ3v) is 3.24. The molecule has 2 amide bonds. The Bertz CT molecular complexity index is 704. The summed E-state index contributed by atoms with van der Waals surface area (Å²) in [6.45, 7) is 1.45. The number of nitrogens with zero attached hydrogens (tertiary/aromatic N) is 3. The van der Waals surface area contributed by atoms with Crippen molar-refractivity contribution >= 4 is 17.5 Å². The predicted octanol–water partition coefficient (Wildman–Crippen LogP) is 1.82. The highest BCUT2D eigenvalue weighted by molar-refractivity contribution is 5.94. The van der Waals surface area contributed by atoms with E-state index in [0.717, 1.165) is 12.1 Å². The van der Waals surface area contributed by atoms with E-state index in [9.17, 15) is 18.4 Å². The molecule has 1 aromatic heterocycles. The smallest absolute Gasteiger partial charge is 0.247 e. The van der Waals surface area contributed by atoms with Crippen LogP contribution in [0.2, 0.25) is 0 Å². The standard InChI is InChI=1S/C15H16F2N4O2/c1-10(21-7-3-6-18-21)15(23)20(2)9-14(22)19-11-4-5-12(16)13(17)8-11/h3-8,10H,9H2,1-2H3,(H,19,22). The van der Waals surface area contributed by atoms with Crippen LogP contribution in [0.5, 0.6) is 0 Å². The molecule has 0 aliphatic heterocycles. The molecule has 1 atom stereocenters. The number of halogens is 2. The summed E-state index contributed by atoms with van der Waals surface area (Å²) in [6, 6.07) is 4.18. The first-order valence-electron chi connectivity index (χ1n) is 6.87. The van der Waals surface area contributed by atoms with Crippen LogP contribution in [-0.2, 0) is 9.59 Å². The normalized spacial score (nSPS) is 11.8. The first-order valence-corrected chi connectivity index (χ1v) is 6.87. The van der Waals surface area contributed by atoms with Crippen LogP contribution in [0.15, 0.2) is 36.7 Å². The molecule has 0 saturated heterocycles. The van der Waals surface area contributed by atoms with Gasteiger partial charge in [-0.05, 0) is 25.1 Å². The van der Waals surface area contributed by atoms with Crippen LogP contribution in [0, 0.1) is 11.6 Å².